The van der Waals surface area contributed by atoms with E-state index >= 15 is 0 Å². The number of methoxy groups -OCH3 is 2. The van der Waals surface area contributed by atoms with E-state index in [2.05, 4.69) is 5.32 Å². The molecule has 2 aromatic rings. The summed E-state index contributed by atoms with van der Waals surface area (Å²) in [4.78, 5) is 26.0. The van der Waals surface area contributed by atoms with E-state index in [9.17, 15) is 9.59 Å². The van der Waals surface area contributed by atoms with Gasteiger partial charge in [-0.05, 0) is 35.4 Å². The van der Waals surface area contributed by atoms with Gasteiger partial charge in [0.15, 0.2) is 0 Å². The number of hydrogen-bond donors (Lipinski definition) is 2. The summed E-state index contributed by atoms with van der Waals surface area (Å²) in [6, 6.07) is 15.2. The molecule has 0 atom stereocenters. The largest absolute Gasteiger partial charge is 0.497 e. The molecule has 0 bridgehead atoms. The predicted octanol–water partition coefficient (Wildman–Crippen LogP) is 2.04. The first-order valence-electron chi connectivity index (χ1n) is 8.80. The van der Waals surface area contributed by atoms with E-state index in [0.29, 0.717) is 5.69 Å². The molecule has 0 unspecified atom stereocenters. The van der Waals surface area contributed by atoms with Crippen LogP contribution in [-0.2, 0) is 14.3 Å². The lowest BCUT2D eigenvalue weighted by atomic mass is 10.1. The molecule has 1 aliphatic heterocycles. The zero-order valence-corrected chi connectivity index (χ0v) is 15.8. The fraction of sp³-hybridized carbons (Fsp3) is 0.238. The van der Waals surface area contributed by atoms with Gasteiger partial charge >= 0.3 is 5.97 Å². The van der Waals surface area contributed by atoms with Crippen molar-refractivity contribution in [3.8, 4) is 16.9 Å². The normalized spacial score (nSPS) is 13.7. The van der Waals surface area contributed by atoms with Crippen LogP contribution >= 0.6 is 0 Å². The Morgan fingerprint density at radius 2 is 1.89 bits per heavy atom. The molecule has 0 aromatic heterocycles. The van der Waals surface area contributed by atoms with Crippen LogP contribution < -0.4 is 10.1 Å². The fourth-order valence-corrected chi connectivity index (χ4v) is 3.04. The maximum atomic E-state index is 12.6. The quantitative estimate of drug-likeness (QED) is 0.713. The van der Waals surface area contributed by atoms with Gasteiger partial charge in [0.1, 0.15) is 11.4 Å². The first kappa shape index (κ1) is 19.4. The van der Waals surface area contributed by atoms with E-state index in [1.54, 1.807) is 7.11 Å². The van der Waals surface area contributed by atoms with Crippen molar-refractivity contribution in [1.82, 2.24) is 4.90 Å². The number of carbonyl (C=O) groups is 2. The Balaban J connectivity index is 1.83. The number of rotatable bonds is 7. The van der Waals surface area contributed by atoms with Gasteiger partial charge in [-0.15, -0.1) is 0 Å². The monoisotopic (exact) mass is 382 g/mol. The van der Waals surface area contributed by atoms with E-state index in [1.807, 2.05) is 48.5 Å². The van der Waals surface area contributed by atoms with Crippen LogP contribution in [0.3, 0.4) is 0 Å². The van der Waals surface area contributed by atoms with Crippen molar-refractivity contribution < 1.29 is 24.2 Å². The summed E-state index contributed by atoms with van der Waals surface area (Å²) >= 11 is 0. The van der Waals surface area contributed by atoms with Crippen molar-refractivity contribution in [2.45, 2.75) is 0 Å². The standard InChI is InChI=1S/C21H22N2O5/c1-27-17-5-3-4-15(12-17)14-6-8-16(9-7-14)22-19-18(21(26)28-2)13-23(10-11-24)20(19)25/h3-9,12,22,24H,10-11,13H2,1-2H3. The highest BCUT2D eigenvalue weighted by Gasteiger charge is 2.34. The molecule has 2 N–H and O–H groups in total. The summed E-state index contributed by atoms with van der Waals surface area (Å²) in [5.41, 5.74) is 3.09. The van der Waals surface area contributed by atoms with Crippen molar-refractivity contribution in [3.05, 3.63) is 59.8 Å². The van der Waals surface area contributed by atoms with Crippen molar-refractivity contribution in [2.75, 3.05) is 39.2 Å². The summed E-state index contributed by atoms with van der Waals surface area (Å²) in [7, 11) is 2.90. The summed E-state index contributed by atoms with van der Waals surface area (Å²) in [6.07, 6.45) is 0. The molecule has 1 amide bonds. The molecular formula is C21H22N2O5. The molecule has 7 nitrogen and oxygen atoms in total. The summed E-state index contributed by atoms with van der Waals surface area (Å²) in [6.45, 7) is 0.0816. The van der Waals surface area contributed by atoms with Crippen molar-refractivity contribution >= 4 is 17.6 Å². The Morgan fingerprint density at radius 1 is 1.14 bits per heavy atom. The average molecular weight is 382 g/mol. The number of ether oxygens (including phenoxy) is 2. The third-order valence-corrected chi connectivity index (χ3v) is 4.51. The summed E-state index contributed by atoms with van der Waals surface area (Å²) in [5, 5.41) is 12.1. The second-order valence-electron chi connectivity index (χ2n) is 6.23. The van der Waals surface area contributed by atoms with Crippen LogP contribution in [0.25, 0.3) is 11.1 Å². The van der Waals surface area contributed by atoms with E-state index in [0.717, 1.165) is 16.9 Å². The topological polar surface area (TPSA) is 88.1 Å². The van der Waals surface area contributed by atoms with Crippen LogP contribution in [0.5, 0.6) is 5.75 Å². The Kier molecular flexibility index (Phi) is 5.96. The Labute approximate surface area is 163 Å². The predicted molar refractivity (Wildman–Crippen MR) is 105 cm³/mol. The number of nitrogens with zero attached hydrogens (tertiary/aromatic N) is 1. The van der Waals surface area contributed by atoms with Crippen LogP contribution in [0.1, 0.15) is 0 Å². The SMILES string of the molecule is COC(=O)C1=C(Nc2ccc(-c3cccc(OC)c3)cc2)C(=O)N(CCO)C1. The minimum absolute atomic E-state index is 0.107. The number of aliphatic hydroxyl groups excluding tert-OH is 1. The van der Waals surface area contributed by atoms with E-state index in [1.165, 1.54) is 12.0 Å². The third kappa shape index (κ3) is 3.99. The lowest BCUT2D eigenvalue weighted by molar-refractivity contribution is -0.136. The molecule has 2 aromatic carbocycles. The third-order valence-electron chi connectivity index (χ3n) is 4.51. The number of amides is 1. The molecule has 28 heavy (non-hydrogen) atoms. The second-order valence-corrected chi connectivity index (χ2v) is 6.23. The molecule has 1 heterocycles. The average Bonchev–Trinajstić information content (AvgIpc) is 3.04. The van der Waals surface area contributed by atoms with Gasteiger partial charge in [-0.25, -0.2) is 4.79 Å². The molecule has 0 radical (unpaired) electrons. The molecule has 0 spiro atoms. The molecule has 3 rings (SSSR count). The maximum Gasteiger partial charge on any atom is 0.337 e. The number of nitrogens with one attached hydrogen (secondary N) is 1. The number of anilines is 1. The van der Waals surface area contributed by atoms with Gasteiger partial charge in [-0.1, -0.05) is 24.3 Å². The number of aliphatic hydroxyl groups is 1. The van der Waals surface area contributed by atoms with Gasteiger partial charge in [-0.3, -0.25) is 4.79 Å². The zero-order chi connectivity index (χ0) is 20.1. The number of hydrogen-bond acceptors (Lipinski definition) is 6. The molecule has 1 aliphatic rings. The smallest absolute Gasteiger partial charge is 0.337 e. The van der Waals surface area contributed by atoms with E-state index in [-0.39, 0.29) is 36.9 Å². The highest BCUT2D eigenvalue weighted by Crippen LogP contribution is 2.27. The minimum atomic E-state index is -0.565. The molecule has 7 heteroatoms. The van der Waals surface area contributed by atoms with Crippen LogP contribution in [0.15, 0.2) is 59.8 Å². The summed E-state index contributed by atoms with van der Waals surface area (Å²) < 4.78 is 10.0. The van der Waals surface area contributed by atoms with Crippen LogP contribution in [0.4, 0.5) is 5.69 Å². The van der Waals surface area contributed by atoms with Crippen LogP contribution in [-0.4, -0.2) is 55.8 Å². The van der Waals surface area contributed by atoms with E-state index in [4.69, 9.17) is 14.6 Å². The molecular weight excluding hydrogens is 360 g/mol. The molecule has 0 aliphatic carbocycles. The maximum absolute atomic E-state index is 12.6. The Morgan fingerprint density at radius 3 is 2.54 bits per heavy atom. The number of β-amino-alcohol motifs (C(OH)–C–C–N with tert-alkyl or cyclic N) is 1. The highest BCUT2D eigenvalue weighted by molar-refractivity contribution is 6.08. The Hall–Kier alpha value is -3.32. The highest BCUT2D eigenvalue weighted by atomic mass is 16.5. The van der Waals surface area contributed by atoms with Gasteiger partial charge in [0.05, 0.1) is 32.9 Å². The van der Waals surface area contributed by atoms with Gasteiger partial charge in [0.25, 0.3) is 5.91 Å². The lowest BCUT2D eigenvalue weighted by Crippen LogP contribution is -2.31. The molecule has 146 valence electrons. The van der Waals surface area contributed by atoms with Crippen molar-refractivity contribution in [3.63, 3.8) is 0 Å². The van der Waals surface area contributed by atoms with Crippen molar-refractivity contribution in [1.29, 1.82) is 0 Å². The van der Waals surface area contributed by atoms with E-state index < -0.39 is 5.97 Å². The van der Waals surface area contributed by atoms with Gasteiger partial charge in [0.2, 0.25) is 0 Å². The Bertz CT molecular complexity index is 905. The zero-order valence-electron chi connectivity index (χ0n) is 15.8. The number of esters is 1. The second kappa shape index (κ2) is 8.58. The molecule has 0 saturated carbocycles. The van der Waals surface area contributed by atoms with Crippen LogP contribution in [0.2, 0.25) is 0 Å². The van der Waals surface area contributed by atoms with Gasteiger partial charge < -0.3 is 24.8 Å². The van der Waals surface area contributed by atoms with Crippen molar-refractivity contribution in [2.24, 2.45) is 0 Å². The summed E-state index contributed by atoms with van der Waals surface area (Å²) in [5.74, 6) is -0.135. The minimum Gasteiger partial charge on any atom is -0.497 e. The number of benzene rings is 2. The first-order valence-corrected chi connectivity index (χ1v) is 8.80. The molecule has 0 saturated heterocycles. The molecule has 0 fully saturated rings. The first-order chi connectivity index (χ1) is 13.6. The number of carbonyl (C=O) groups excluding carboxylic acids is 2. The fourth-order valence-electron chi connectivity index (χ4n) is 3.04. The van der Waals surface area contributed by atoms with Gasteiger partial charge in [0, 0.05) is 12.2 Å². The van der Waals surface area contributed by atoms with Gasteiger partial charge in [-0.2, -0.15) is 0 Å². The lowest BCUT2D eigenvalue weighted by Gasteiger charge is -2.15. The van der Waals surface area contributed by atoms with Crippen LogP contribution in [0, 0.1) is 0 Å².